The van der Waals surface area contributed by atoms with Gasteiger partial charge in [-0.25, -0.2) is 4.79 Å². The summed E-state index contributed by atoms with van der Waals surface area (Å²) in [5.74, 6) is -1.12. The van der Waals surface area contributed by atoms with E-state index in [1.54, 1.807) is 6.07 Å². The molecule has 0 saturated heterocycles. The van der Waals surface area contributed by atoms with Gasteiger partial charge in [-0.1, -0.05) is 6.92 Å². The fourth-order valence-corrected chi connectivity index (χ4v) is 3.99. The number of rotatable bonds is 5. The van der Waals surface area contributed by atoms with E-state index in [1.165, 1.54) is 18.4 Å². The number of esters is 1. The van der Waals surface area contributed by atoms with Crippen molar-refractivity contribution >= 4 is 45.5 Å². The lowest BCUT2D eigenvalue weighted by molar-refractivity contribution is -0.122. The maximum Gasteiger partial charge on any atom is 0.340 e. The number of carbonyl (C=O) groups is 3. The smallest absolute Gasteiger partial charge is 0.340 e. The fraction of sp³-hybridized carbons (Fsp3) is 0.350. The number of carbonyl (C=O) groups excluding carboxylic acids is 3. The zero-order valence-corrected chi connectivity index (χ0v) is 17.1. The fourth-order valence-electron chi connectivity index (χ4n) is 2.99. The summed E-state index contributed by atoms with van der Waals surface area (Å²) in [4.78, 5) is 37.8. The highest BCUT2D eigenvalue weighted by Gasteiger charge is 2.28. The van der Waals surface area contributed by atoms with Crippen LogP contribution in [0.15, 0.2) is 18.2 Å². The van der Waals surface area contributed by atoms with Crippen molar-refractivity contribution in [1.82, 2.24) is 0 Å². The summed E-state index contributed by atoms with van der Waals surface area (Å²) in [6.07, 6.45) is 0.685. The van der Waals surface area contributed by atoms with E-state index in [0.717, 1.165) is 28.1 Å². The molecule has 7 nitrogen and oxygen atoms in total. The highest BCUT2D eigenvalue weighted by Crippen LogP contribution is 2.32. The molecular formula is C20H23N3O4S. The Labute approximate surface area is 167 Å². The van der Waals surface area contributed by atoms with Crippen LogP contribution in [0, 0.1) is 13.8 Å². The Balaban J connectivity index is 1.73. The molecule has 2 aromatic rings. The molecular weight excluding hydrogens is 378 g/mol. The number of hydrogen-bond donors (Lipinski definition) is 3. The van der Waals surface area contributed by atoms with Crippen molar-refractivity contribution in [3.8, 4) is 0 Å². The molecule has 3 N–H and O–H groups in total. The first kappa shape index (κ1) is 19.9. The van der Waals surface area contributed by atoms with Gasteiger partial charge in [0.25, 0.3) is 0 Å². The third-order valence-corrected chi connectivity index (χ3v) is 5.91. The highest BCUT2D eigenvalue weighted by atomic mass is 32.1. The summed E-state index contributed by atoms with van der Waals surface area (Å²) in [5, 5.41) is 9.17. The summed E-state index contributed by atoms with van der Waals surface area (Å²) < 4.78 is 4.78. The molecule has 8 heteroatoms. The number of hydrogen-bond acceptors (Lipinski definition) is 6. The number of anilines is 3. The minimum absolute atomic E-state index is 0.0574. The second kappa shape index (κ2) is 8.02. The molecule has 0 aliphatic carbocycles. The average molecular weight is 401 g/mol. The van der Waals surface area contributed by atoms with Gasteiger partial charge in [0.05, 0.1) is 30.5 Å². The second-order valence-electron chi connectivity index (χ2n) is 6.72. The molecule has 0 saturated carbocycles. The lowest BCUT2D eigenvalue weighted by Gasteiger charge is -2.27. The molecule has 1 atom stereocenters. The normalized spacial score (nSPS) is 15.3. The molecule has 0 radical (unpaired) electrons. The molecule has 0 unspecified atom stereocenters. The van der Waals surface area contributed by atoms with E-state index in [1.807, 2.05) is 32.9 Å². The van der Waals surface area contributed by atoms with Gasteiger partial charge in [0.15, 0.2) is 0 Å². The second-order valence-corrected chi connectivity index (χ2v) is 7.86. The van der Waals surface area contributed by atoms with Gasteiger partial charge in [0.2, 0.25) is 11.8 Å². The van der Waals surface area contributed by atoms with Crippen molar-refractivity contribution in [2.75, 3.05) is 23.1 Å². The van der Waals surface area contributed by atoms with Gasteiger partial charge in [0, 0.05) is 4.88 Å². The molecule has 0 spiro atoms. The first-order chi connectivity index (χ1) is 13.3. The Hall–Kier alpha value is -2.87. The lowest BCUT2D eigenvalue weighted by Crippen LogP contribution is -2.41. The highest BCUT2D eigenvalue weighted by molar-refractivity contribution is 7.16. The summed E-state index contributed by atoms with van der Waals surface area (Å²) in [5.41, 5.74) is 4.01. The standard InChI is InChI=1S/C20H23N3O4S/c1-5-12-8-13(20(26)27-4)19(28-12)23-17(24)9-16-18(25)22-15-7-11(3)10(2)6-14(15)21-16/h6-8,16,21H,5,9H2,1-4H3,(H,22,25)(H,23,24)/t16-/m1/s1. The number of benzene rings is 1. The van der Waals surface area contributed by atoms with Crippen LogP contribution in [-0.2, 0) is 20.7 Å². The predicted octanol–water partition coefficient (Wildman–Crippen LogP) is 3.48. The van der Waals surface area contributed by atoms with Crippen LogP contribution in [0.3, 0.4) is 0 Å². The third kappa shape index (κ3) is 4.01. The number of nitrogens with one attached hydrogen (secondary N) is 3. The largest absolute Gasteiger partial charge is 0.465 e. The molecule has 2 heterocycles. The molecule has 1 aromatic carbocycles. The van der Waals surface area contributed by atoms with E-state index >= 15 is 0 Å². The van der Waals surface area contributed by atoms with Crippen LogP contribution >= 0.6 is 11.3 Å². The minimum Gasteiger partial charge on any atom is -0.465 e. The first-order valence-corrected chi connectivity index (χ1v) is 9.83. The number of ether oxygens (including phenoxy) is 1. The molecule has 1 aliphatic rings. The number of aryl methyl sites for hydroxylation is 3. The Morgan fingerprint density at radius 1 is 1.18 bits per heavy atom. The van der Waals surface area contributed by atoms with Crippen molar-refractivity contribution in [3.63, 3.8) is 0 Å². The average Bonchev–Trinajstić information content (AvgIpc) is 3.06. The van der Waals surface area contributed by atoms with E-state index in [0.29, 0.717) is 16.3 Å². The van der Waals surface area contributed by atoms with E-state index in [4.69, 9.17) is 4.74 Å². The van der Waals surface area contributed by atoms with Crippen molar-refractivity contribution in [2.45, 2.75) is 39.7 Å². The van der Waals surface area contributed by atoms with E-state index in [2.05, 4.69) is 16.0 Å². The maximum atomic E-state index is 12.5. The van der Waals surface area contributed by atoms with Gasteiger partial charge >= 0.3 is 5.97 Å². The van der Waals surface area contributed by atoms with Gasteiger partial charge in [-0.15, -0.1) is 11.3 Å². The Bertz CT molecular complexity index is 951. The number of thiophene rings is 1. The van der Waals surface area contributed by atoms with E-state index in [-0.39, 0.29) is 18.2 Å². The molecule has 148 valence electrons. The first-order valence-electron chi connectivity index (χ1n) is 9.01. The third-order valence-electron chi connectivity index (χ3n) is 4.72. The quantitative estimate of drug-likeness (QED) is 0.667. The number of fused-ring (bicyclic) bond motifs is 1. The molecule has 2 amide bonds. The van der Waals surface area contributed by atoms with Crippen LogP contribution in [0.25, 0.3) is 0 Å². The van der Waals surface area contributed by atoms with Gasteiger partial charge < -0.3 is 20.7 Å². The molecule has 1 aromatic heterocycles. The van der Waals surface area contributed by atoms with Gasteiger partial charge in [0.1, 0.15) is 11.0 Å². The SMILES string of the molecule is CCc1cc(C(=O)OC)c(NC(=O)C[C@H]2Nc3cc(C)c(C)cc3NC2=O)s1. The number of methoxy groups -OCH3 is 1. The maximum absolute atomic E-state index is 12.5. The zero-order chi connectivity index (χ0) is 20.4. The Kier molecular flexibility index (Phi) is 5.69. The summed E-state index contributed by atoms with van der Waals surface area (Å²) in [6, 6.07) is 4.89. The topological polar surface area (TPSA) is 96.5 Å². The number of amides is 2. The van der Waals surface area contributed by atoms with Crippen molar-refractivity contribution in [1.29, 1.82) is 0 Å². The summed E-state index contributed by atoms with van der Waals surface area (Å²) in [6.45, 7) is 5.94. The predicted molar refractivity (Wildman–Crippen MR) is 110 cm³/mol. The lowest BCUT2D eigenvalue weighted by atomic mass is 10.0. The van der Waals surface area contributed by atoms with Crippen LogP contribution in [0.5, 0.6) is 0 Å². The molecule has 3 rings (SSSR count). The minimum atomic E-state index is -0.693. The van der Waals surface area contributed by atoms with E-state index in [9.17, 15) is 14.4 Å². The van der Waals surface area contributed by atoms with Crippen LogP contribution in [0.4, 0.5) is 16.4 Å². The summed E-state index contributed by atoms with van der Waals surface area (Å²) in [7, 11) is 1.30. The van der Waals surface area contributed by atoms with Gasteiger partial charge in [-0.2, -0.15) is 0 Å². The van der Waals surface area contributed by atoms with Crippen LogP contribution in [0.1, 0.15) is 39.7 Å². The van der Waals surface area contributed by atoms with Gasteiger partial charge in [-0.3, -0.25) is 9.59 Å². The van der Waals surface area contributed by atoms with Crippen molar-refractivity contribution in [2.24, 2.45) is 0 Å². The monoisotopic (exact) mass is 401 g/mol. The van der Waals surface area contributed by atoms with Crippen molar-refractivity contribution in [3.05, 3.63) is 39.8 Å². The molecule has 28 heavy (non-hydrogen) atoms. The Morgan fingerprint density at radius 2 is 1.86 bits per heavy atom. The van der Waals surface area contributed by atoms with E-state index < -0.39 is 12.0 Å². The van der Waals surface area contributed by atoms with Crippen LogP contribution in [0.2, 0.25) is 0 Å². The Morgan fingerprint density at radius 3 is 2.50 bits per heavy atom. The molecule has 0 fully saturated rings. The van der Waals surface area contributed by atoms with Gasteiger partial charge in [-0.05, 0) is 49.6 Å². The van der Waals surface area contributed by atoms with Crippen LogP contribution in [-0.4, -0.2) is 30.9 Å². The summed E-state index contributed by atoms with van der Waals surface area (Å²) >= 11 is 1.33. The van der Waals surface area contributed by atoms with Crippen molar-refractivity contribution < 1.29 is 19.1 Å². The zero-order valence-electron chi connectivity index (χ0n) is 16.3. The van der Waals surface area contributed by atoms with Crippen LogP contribution < -0.4 is 16.0 Å². The molecule has 1 aliphatic heterocycles. The molecule has 0 bridgehead atoms.